The fraction of sp³-hybridized carbons (Fsp3) is 0.929. The first kappa shape index (κ1) is 18.4. The summed E-state index contributed by atoms with van der Waals surface area (Å²) in [5.74, 6) is 0.321. The largest absolute Gasteiger partial charge is 0.356 e. The molecule has 3 unspecified atom stereocenters. The van der Waals surface area contributed by atoms with E-state index in [1.807, 2.05) is 0 Å². The number of amides is 1. The molecule has 1 saturated carbocycles. The molecular formula is C14H29N3O3S. The number of rotatable bonds is 6. The van der Waals surface area contributed by atoms with Crippen molar-refractivity contribution >= 4 is 15.9 Å². The minimum Gasteiger partial charge on any atom is -0.356 e. The average Bonchev–Trinajstić information content (AvgIpc) is 2.34. The summed E-state index contributed by atoms with van der Waals surface area (Å²) in [6.45, 7) is 7.14. The average molecular weight is 319 g/mol. The highest BCUT2D eigenvalue weighted by Crippen LogP contribution is 2.44. The zero-order valence-electron chi connectivity index (χ0n) is 13.5. The molecule has 0 aliphatic heterocycles. The lowest BCUT2D eigenvalue weighted by molar-refractivity contribution is -0.132. The number of carbonyl (C=O) groups is 1. The number of hydrogen-bond acceptors (Lipinski definition) is 4. The van der Waals surface area contributed by atoms with E-state index < -0.39 is 10.0 Å². The lowest BCUT2D eigenvalue weighted by atomic mass is 9.61. The molecule has 0 aromatic heterocycles. The first-order valence-electron chi connectivity index (χ1n) is 7.53. The fourth-order valence-corrected chi connectivity index (χ4v) is 3.52. The molecule has 6 nitrogen and oxygen atoms in total. The van der Waals surface area contributed by atoms with Crippen molar-refractivity contribution < 1.29 is 13.2 Å². The van der Waals surface area contributed by atoms with Gasteiger partial charge < -0.3 is 11.1 Å². The number of carbonyl (C=O) groups excluding carboxylic acids is 1. The Bertz CT molecular complexity index is 462. The second-order valence-electron chi connectivity index (χ2n) is 6.71. The Kier molecular flexibility index (Phi) is 6.19. The number of nitrogens with one attached hydrogen (secondary N) is 2. The third-order valence-corrected chi connectivity index (χ3v) is 5.56. The summed E-state index contributed by atoms with van der Waals surface area (Å²) in [5, 5.41) is 2.92. The summed E-state index contributed by atoms with van der Waals surface area (Å²) >= 11 is 0. The Morgan fingerprint density at radius 3 is 2.48 bits per heavy atom. The van der Waals surface area contributed by atoms with E-state index in [0.29, 0.717) is 25.4 Å². The Labute approximate surface area is 128 Å². The number of hydrogen-bond donors (Lipinski definition) is 3. The molecular weight excluding hydrogens is 290 g/mol. The smallest absolute Gasteiger partial charge is 0.223 e. The van der Waals surface area contributed by atoms with Gasteiger partial charge in [-0.3, -0.25) is 4.79 Å². The molecule has 0 spiro atoms. The van der Waals surface area contributed by atoms with E-state index in [4.69, 9.17) is 5.73 Å². The van der Waals surface area contributed by atoms with Crippen LogP contribution in [0.15, 0.2) is 0 Å². The molecule has 7 heteroatoms. The molecule has 1 aliphatic carbocycles. The van der Waals surface area contributed by atoms with Crippen LogP contribution in [0.4, 0.5) is 0 Å². The molecule has 3 atom stereocenters. The minimum atomic E-state index is -3.15. The molecule has 0 aromatic carbocycles. The van der Waals surface area contributed by atoms with Gasteiger partial charge >= 0.3 is 0 Å². The first-order chi connectivity index (χ1) is 9.55. The molecule has 0 saturated heterocycles. The monoisotopic (exact) mass is 319 g/mol. The van der Waals surface area contributed by atoms with Crippen LogP contribution in [0.1, 0.15) is 40.0 Å². The van der Waals surface area contributed by atoms with Gasteiger partial charge in [-0.05, 0) is 30.6 Å². The lowest BCUT2D eigenvalue weighted by Crippen LogP contribution is -2.51. The van der Waals surface area contributed by atoms with E-state index in [1.165, 1.54) is 0 Å². The van der Waals surface area contributed by atoms with Crippen molar-refractivity contribution in [2.24, 2.45) is 23.0 Å². The van der Waals surface area contributed by atoms with Crippen molar-refractivity contribution in [3.05, 3.63) is 0 Å². The molecule has 0 bridgehead atoms. The van der Waals surface area contributed by atoms with Crippen LogP contribution in [0.5, 0.6) is 0 Å². The molecule has 1 rings (SSSR count). The van der Waals surface area contributed by atoms with Crippen LogP contribution in [-0.2, 0) is 14.8 Å². The highest BCUT2D eigenvalue weighted by atomic mass is 32.2. The van der Waals surface area contributed by atoms with Gasteiger partial charge in [-0.15, -0.1) is 0 Å². The molecule has 21 heavy (non-hydrogen) atoms. The Morgan fingerprint density at radius 2 is 1.90 bits per heavy atom. The fourth-order valence-electron chi connectivity index (χ4n) is 3.00. The van der Waals surface area contributed by atoms with E-state index in [-0.39, 0.29) is 23.3 Å². The van der Waals surface area contributed by atoms with Gasteiger partial charge in [-0.2, -0.15) is 0 Å². The molecule has 1 aliphatic rings. The van der Waals surface area contributed by atoms with E-state index >= 15 is 0 Å². The predicted molar refractivity (Wildman–Crippen MR) is 84.1 cm³/mol. The van der Waals surface area contributed by atoms with Crippen molar-refractivity contribution in [1.82, 2.24) is 10.0 Å². The van der Waals surface area contributed by atoms with E-state index in [0.717, 1.165) is 19.1 Å². The molecule has 0 radical (unpaired) electrons. The quantitative estimate of drug-likeness (QED) is 0.618. The molecule has 1 amide bonds. The molecule has 1 fully saturated rings. The Morgan fingerprint density at radius 1 is 1.29 bits per heavy atom. The third kappa shape index (κ3) is 5.23. The Hall–Kier alpha value is -0.660. The van der Waals surface area contributed by atoms with Crippen molar-refractivity contribution in [2.45, 2.75) is 46.1 Å². The third-order valence-electron chi connectivity index (χ3n) is 4.84. The zero-order valence-corrected chi connectivity index (χ0v) is 14.3. The summed E-state index contributed by atoms with van der Waals surface area (Å²) in [5.41, 5.74) is 5.98. The van der Waals surface area contributed by atoms with Crippen LogP contribution in [-0.4, -0.2) is 39.7 Å². The normalized spacial score (nSPS) is 29.1. The summed E-state index contributed by atoms with van der Waals surface area (Å²) in [6, 6.07) is 0.156. The topological polar surface area (TPSA) is 101 Å². The SMILES string of the molecule is CC1C(N)CCC(C(=O)NCCCNS(C)(=O)=O)C1(C)C. The van der Waals surface area contributed by atoms with Gasteiger partial charge in [0.15, 0.2) is 0 Å². The zero-order chi connectivity index (χ0) is 16.3. The van der Waals surface area contributed by atoms with Crippen LogP contribution in [0.3, 0.4) is 0 Å². The van der Waals surface area contributed by atoms with Crippen LogP contribution in [0.25, 0.3) is 0 Å². The van der Waals surface area contributed by atoms with E-state index in [9.17, 15) is 13.2 Å². The summed E-state index contributed by atoms with van der Waals surface area (Å²) in [6.07, 6.45) is 3.39. The van der Waals surface area contributed by atoms with Crippen molar-refractivity contribution in [1.29, 1.82) is 0 Å². The van der Waals surface area contributed by atoms with Crippen LogP contribution in [0.2, 0.25) is 0 Å². The maximum atomic E-state index is 12.3. The van der Waals surface area contributed by atoms with Gasteiger partial charge in [0.25, 0.3) is 0 Å². The number of nitrogens with two attached hydrogens (primary N) is 1. The molecule has 124 valence electrons. The first-order valence-corrected chi connectivity index (χ1v) is 9.42. The summed E-state index contributed by atoms with van der Waals surface area (Å²) in [4.78, 5) is 12.3. The molecule has 0 aromatic rings. The van der Waals surface area contributed by atoms with Gasteiger partial charge in [0.2, 0.25) is 15.9 Å². The van der Waals surface area contributed by atoms with Crippen LogP contribution >= 0.6 is 0 Å². The highest BCUT2D eigenvalue weighted by molar-refractivity contribution is 7.88. The highest BCUT2D eigenvalue weighted by Gasteiger charge is 2.44. The van der Waals surface area contributed by atoms with Crippen LogP contribution < -0.4 is 15.8 Å². The maximum Gasteiger partial charge on any atom is 0.223 e. The molecule has 0 heterocycles. The summed E-state index contributed by atoms with van der Waals surface area (Å²) in [7, 11) is -3.15. The van der Waals surface area contributed by atoms with Gasteiger partial charge in [0.1, 0.15) is 0 Å². The van der Waals surface area contributed by atoms with Crippen LogP contribution in [0, 0.1) is 17.3 Å². The Balaban J connectivity index is 2.41. The lowest BCUT2D eigenvalue weighted by Gasteiger charge is -2.46. The maximum absolute atomic E-state index is 12.3. The van der Waals surface area contributed by atoms with Crippen molar-refractivity contribution in [3.63, 3.8) is 0 Å². The van der Waals surface area contributed by atoms with E-state index in [1.54, 1.807) is 0 Å². The van der Waals surface area contributed by atoms with E-state index in [2.05, 4.69) is 30.8 Å². The van der Waals surface area contributed by atoms with Gasteiger partial charge in [0, 0.05) is 25.0 Å². The second kappa shape index (κ2) is 7.07. The van der Waals surface area contributed by atoms with Gasteiger partial charge in [0.05, 0.1) is 6.26 Å². The second-order valence-corrected chi connectivity index (χ2v) is 8.55. The van der Waals surface area contributed by atoms with Gasteiger partial charge in [-0.25, -0.2) is 13.1 Å². The predicted octanol–water partition coefficient (Wildman–Crippen LogP) is 0.442. The van der Waals surface area contributed by atoms with Crippen molar-refractivity contribution in [3.8, 4) is 0 Å². The van der Waals surface area contributed by atoms with Crippen molar-refractivity contribution in [2.75, 3.05) is 19.3 Å². The standard InChI is InChI=1S/C14H29N3O3S/c1-10-12(15)7-6-11(14(10,2)3)13(18)16-8-5-9-17-21(4,19)20/h10-12,17H,5-9,15H2,1-4H3,(H,16,18). The molecule has 4 N–H and O–H groups in total. The number of sulfonamides is 1. The minimum absolute atomic E-state index is 0.0323. The van der Waals surface area contributed by atoms with Gasteiger partial charge in [-0.1, -0.05) is 20.8 Å². The summed E-state index contributed by atoms with van der Waals surface area (Å²) < 4.78 is 24.2.